The molecule has 21 heavy (non-hydrogen) atoms. The highest BCUT2D eigenvalue weighted by Gasteiger charge is 2.27. The number of hydrogen-bond donors (Lipinski definition) is 3. The molecule has 0 aliphatic carbocycles. The van der Waals surface area contributed by atoms with Crippen LogP contribution in [0.25, 0.3) is 0 Å². The Hall–Kier alpha value is -1.60. The van der Waals surface area contributed by atoms with Crippen LogP contribution in [0.4, 0.5) is 10.5 Å². The summed E-state index contributed by atoms with van der Waals surface area (Å²) >= 11 is 0. The van der Waals surface area contributed by atoms with E-state index in [0.717, 1.165) is 12.0 Å². The molecule has 0 spiro atoms. The van der Waals surface area contributed by atoms with Crippen molar-refractivity contribution in [3.05, 3.63) is 29.8 Å². The van der Waals surface area contributed by atoms with Crippen molar-refractivity contribution in [3.8, 4) is 0 Å². The van der Waals surface area contributed by atoms with E-state index in [2.05, 4.69) is 10.6 Å². The number of hydrogen-bond acceptors (Lipinski definition) is 4. The van der Waals surface area contributed by atoms with Gasteiger partial charge in [0, 0.05) is 11.7 Å². The van der Waals surface area contributed by atoms with Crippen LogP contribution >= 0.6 is 0 Å². The summed E-state index contributed by atoms with van der Waals surface area (Å²) in [5, 5.41) is 5.87. The maximum Gasteiger partial charge on any atom is 0.316 e. The Morgan fingerprint density at radius 1 is 1.38 bits per heavy atom. The zero-order chi connectivity index (χ0) is 15.5. The number of carbonyl (C=O) groups excluding carboxylic acids is 1. The summed E-state index contributed by atoms with van der Waals surface area (Å²) in [5.74, 6) is 0.795. The first kappa shape index (κ1) is 15.8. The Labute approximate surface area is 125 Å². The van der Waals surface area contributed by atoms with Gasteiger partial charge in [0.1, 0.15) is 0 Å². The van der Waals surface area contributed by atoms with Gasteiger partial charge in [-0.05, 0) is 43.5 Å². The number of primary amides is 1. The van der Waals surface area contributed by atoms with Gasteiger partial charge in [0.05, 0.1) is 11.5 Å². The van der Waals surface area contributed by atoms with E-state index in [-0.39, 0.29) is 17.7 Å². The van der Waals surface area contributed by atoms with Gasteiger partial charge in [0.2, 0.25) is 0 Å². The van der Waals surface area contributed by atoms with E-state index in [9.17, 15) is 13.2 Å². The van der Waals surface area contributed by atoms with E-state index in [0.29, 0.717) is 18.0 Å². The molecule has 1 aromatic carbocycles. The summed E-state index contributed by atoms with van der Waals surface area (Å²) in [6.45, 7) is 2.72. The Morgan fingerprint density at radius 3 is 2.57 bits per heavy atom. The van der Waals surface area contributed by atoms with Gasteiger partial charge in [0.25, 0.3) is 0 Å². The fourth-order valence-corrected chi connectivity index (χ4v) is 4.35. The molecule has 2 unspecified atom stereocenters. The van der Waals surface area contributed by atoms with Gasteiger partial charge >= 0.3 is 6.03 Å². The topological polar surface area (TPSA) is 101 Å². The van der Waals surface area contributed by atoms with Gasteiger partial charge in [-0.3, -0.25) is 0 Å². The highest BCUT2D eigenvalue weighted by atomic mass is 32.2. The van der Waals surface area contributed by atoms with Gasteiger partial charge < -0.3 is 16.4 Å². The van der Waals surface area contributed by atoms with E-state index >= 15 is 0 Å². The fourth-order valence-electron chi connectivity index (χ4n) is 2.49. The number of rotatable bonds is 5. The number of benzene rings is 1. The zero-order valence-corrected chi connectivity index (χ0v) is 12.8. The van der Waals surface area contributed by atoms with E-state index in [1.54, 1.807) is 12.1 Å². The molecular weight excluding hydrogens is 290 g/mol. The van der Waals surface area contributed by atoms with Gasteiger partial charge in [-0.25, -0.2) is 13.2 Å². The monoisotopic (exact) mass is 311 g/mol. The summed E-state index contributed by atoms with van der Waals surface area (Å²) in [6.07, 6.45) is 0.740. The van der Waals surface area contributed by atoms with E-state index in [4.69, 9.17) is 5.73 Å². The van der Waals surface area contributed by atoms with Crippen LogP contribution in [0.15, 0.2) is 24.3 Å². The molecule has 0 saturated carbocycles. The first-order valence-electron chi connectivity index (χ1n) is 6.96. The van der Waals surface area contributed by atoms with Crippen molar-refractivity contribution in [2.45, 2.75) is 19.4 Å². The first-order valence-corrected chi connectivity index (χ1v) is 8.78. The predicted molar refractivity (Wildman–Crippen MR) is 82.8 cm³/mol. The van der Waals surface area contributed by atoms with Crippen molar-refractivity contribution in [2.75, 3.05) is 23.4 Å². The minimum Gasteiger partial charge on any atom is -0.351 e. The standard InChI is InChI=1S/C14H21N3O3S/c1-10(16-8-11-6-7-21(19,20)9-11)12-2-4-13(5-3-12)17-14(15)18/h2-5,10-11,16H,6-9H2,1H3,(H3,15,17,18). The lowest BCUT2D eigenvalue weighted by atomic mass is 10.1. The lowest BCUT2D eigenvalue weighted by Gasteiger charge is -2.17. The van der Waals surface area contributed by atoms with Gasteiger partial charge in [-0.15, -0.1) is 0 Å². The second-order valence-corrected chi connectivity index (χ2v) is 7.74. The molecule has 1 aliphatic rings. The van der Waals surface area contributed by atoms with E-state index < -0.39 is 15.9 Å². The SMILES string of the molecule is CC(NCC1CCS(=O)(=O)C1)c1ccc(NC(N)=O)cc1. The Bertz CT molecular complexity index is 598. The summed E-state index contributed by atoms with van der Waals surface area (Å²) in [6, 6.07) is 6.94. The van der Waals surface area contributed by atoms with Crippen molar-refractivity contribution in [2.24, 2.45) is 11.7 Å². The quantitative estimate of drug-likeness (QED) is 0.762. The third-order valence-electron chi connectivity index (χ3n) is 3.72. The lowest BCUT2D eigenvalue weighted by molar-refractivity contribution is 0.259. The Morgan fingerprint density at radius 2 is 2.05 bits per heavy atom. The molecule has 1 fully saturated rings. The van der Waals surface area contributed by atoms with Crippen molar-refractivity contribution in [3.63, 3.8) is 0 Å². The summed E-state index contributed by atoms with van der Waals surface area (Å²) in [7, 11) is -2.82. The Kier molecular flexibility index (Phi) is 4.84. The van der Waals surface area contributed by atoms with Crippen LogP contribution in [0.1, 0.15) is 24.9 Å². The number of sulfone groups is 1. The Balaban J connectivity index is 1.86. The van der Waals surface area contributed by atoms with E-state index in [1.807, 2.05) is 19.1 Å². The molecular formula is C14H21N3O3S. The van der Waals surface area contributed by atoms with Crippen molar-refractivity contribution in [1.82, 2.24) is 5.32 Å². The van der Waals surface area contributed by atoms with Crippen LogP contribution < -0.4 is 16.4 Å². The molecule has 7 heteroatoms. The van der Waals surface area contributed by atoms with Crippen molar-refractivity contribution < 1.29 is 13.2 Å². The van der Waals surface area contributed by atoms with Crippen LogP contribution in [0.5, 0.6) is 0 Å². The van der Waals surface area contributed by atoms with E-state index in [1.165, 1.54) is 0 Å². The second-order valence-electron chi connectivity index (χ2n) is 5.51. The normalized spacial score (nSPS) is 21.9. The second kappa shape index (κ2) is 6.44. The number of nitrogens with one attached hydrogen (secondary N) is 2. The molecule has 0 bridgehead atoms. The van der Waals surface area contributed by atoms with Gasteiger partial charge in [0.15, 0.2) is 9.84 Å². The molecule has 6 nitrogen and oxygen atoms in total. The molecule has 1 saturated heterocycles. The van der Waals surface area contributed by atoms with Crippen LogP contribution in [0, 0.1) is 5.92 Å². The molecule has 2 rings (SSSR count). The third kappa shape index (κ3) is 4.71. The van der Waals surface area contributed by atoms with Gasteiger partial charge in [-0.2, -0.15) is 0 Å². The maximum atomic E-state index is 11.4. The number of nitrogens with two attached hydrogens (primary N) is 1. The smallest absolute Gasteiger partial charge is 0.316 e. The summed E-state index contributed by atoms with van der Waals surface area (Å²) in [5.41, 5.74) is 6.78. The summed E-state index contributed by atoms with van der Waals surface area (Å²) in [4.78, 5) is 10.7. The minimum atomic E-state index is -2.82. The van der Waals surface area contributed by atoms with Crippen LogP contribution in [-0.4, -0.2) is 32.5 Å². The van der Waals surface area contributed by atoms with Crippen molar-refractivity contribution >= 4 is 21.6 Å². The third-order valence-corrected chi connectivity index (χ3v) is 5.55. The average molecular weight is 311 g/mol. The molecule has 116 valence electrons. The zero-order valence-electron chi connectivity index (χ0n) is 12.0. The van der Waals surface area contributed by atoms with Crippen LogP contribution in [0.3, 0.4) is 0 Å². The molecule has 0 aromatic heterocycles. The van der Waals surface area contributed by atoms with Crippen molar-refractivity contribution in [1.29, 1.82) is 0 Å². The number of carbonyl (C=O) groups is 1. The number of urea groups is 1. The van der Waals surface area contributed by atoms with Crippen LogP contribution in [0.2, 0.25) is 0 Å². The highest BCUT2D eigenvalue weighted by molar-refractivity contribution is 7.91. The molecule has 2 atom stereocenters. The predicted octanol–water partition coefficient (Wildman–Crippen LogP) is 1.26. The molecule has 1 heterocycles. The average Bonchev–Trinajstić information content (AvgIpc) is 2.76. The summed E-state index contributed by atoms with van der Waals surface area (Å²) < 4.78 is 22.8. The first-order chi connectivity index (χ1) is 9.85. The van der Waals surface area contributed by atoms with Crippen LogP contribution in [-0.2, 0) is 9.84 Å². The highest BCUT2D eigenvalue weighted by Crippen LogP contribution is 2.20. The minimum absolute atomic E-state index is 0.121. The maximum absolute atomic E-state index is 11.4. The molecule has 1 aromatic rings. The number of anilines is 1. The molecule has 4 N–H and O–H groups in total. The molecule has 1 aliphatic heterocycles. The fraction of sp³-hybridized carbons (Fsp3) is 0.500. The molecule has 0 radical (unpaired) electrons. The van der Waals surface area contributed by atoms with Gasteiger partial charge in [-0.1, -0.05) is 12.1 Å². The lowest BCUT2D eigenvalue weighted by Crippen LogP contribution is -2.26. The largest absolute Gasteiger partial charge is 0.351 e. The molecule has 2 amide bonds. The number of amides is 2.